The molecule has 0 atom stereocenters. The van der Waals surface area contributed by atoms with E-state index in [9.17, 15) is 0 Å². The van der Waals surface area contributed by atoms with E-state index in [0.29, 0.717) is 0 Å². The van der Waals surface area contributed by atoms with Gasteiger partial charge in [-0.1, -0.05) is 0 Å². The molecule has 0 aliphatic heterocycles. The second kappa shape index (κ2) is 7.32. The van der Waals surface area contributed by atoms with E-state index in [0.717, 1.165) is 0 Å². The molecule has 0 saturated carbocycles. The molecular weight excluding hydrogens is 180 g/mol. The Labute approximate surface area is 56.8 Å². The van der Waals surface area contributed by atoms with Crippen molar-refractivity contribution in [1.29, 1.82) is 0 Å². The zero-order valence-electron chi connectivity index (χ0n) is 3.34. The van der Waals surface area contributed by atoms with Crippen molar-refractivity contribution >= 4 is 10.4 Å². The van der Waals surface area contributed by atoms with Gasteiger partial charge in [0.15, 0.2) is 0 Å². The molecule has 0 aliphatic carbocycles. The summed E-state index contributed by atoms with van der Waals surface area (Å²) in [5.41, 5.74) is 0. The largest absolute Gasteiger partial charge is 4.00 e. The predicted octanol–water partition coefficient (Wildman–Crippen LogP) is -0.893. The SMILES string of the molecule is O=S(=O)(O)O.[Cr+4].[O-2].[O-2]. The van der Waals surface area contributed by atoms with Crippen LogP contribution in [0.4, 0.5) is 0 Å². The first kappa shape index (κ1) is 23.9. The monoisotopic (exact) mass is 182 g/mol. The minimum absolute atomic E-state index is 0. The van der Waals surface area contributed by atoms with Gasteiger partial charge < -0.3 is 11.0 Å². The van der Waals surface area contributed by atoms with Crippen LogP contribution in [0.25, 0.3) is 0 Å². The number of hydrogen-bond donors (Lipinski definition) is 2. The summed E-state index contributed by atoms with van der Waals surface area (Å²) in [5.74, 6) is 0. The molecule has 0 bridgehead atoms. The van der Waals surface area contributed by atoms with Gasteiger partial charge in [0, 0.05) is 0 Å². The molecule has 0 aromatic carbocycles. The van der Waals surface area contributed by atoms with Crippen LogP contribution in [0.15, 0.2) is 0 Å². The molecule has 8 heteroatoms. The quantitative estimate of drug-likeness (QED) is 0.470. The second-order valence-corrected chi connectivity index (χ2v) is 1.34. The van der Waals surface area contributed by atoms with Crippen molar-refractivity contribution in [3.05, 3.63) is 0 Å². The van der Waals surface area contributed by atoms with Crippen molar-refractivity contribution in [2.24, 2.45) is 0 Å². The van der Waals surface area contributed by atoms with Gasteiger partial charge in [0.1, 0.15) is 0 Å². The predicted molar refractivity (Wildman–Crippen MR) is 15.6 cm³/mol. The fraction of sp³-hybridized carbons (Fsp3) is 0. The van der Waals surface area contributed by atoms with Gasteiger partial charge >= 0.3 is 27.8 Å². The summed E-state index contributed by atoms with van der Waals surface area (Å²) in [6, 6.07) is 0. The molecule has 8 heavy (non-hydrogen) atoms. The zero-order valence-corrected chi connectivity index (χ0v) is 5.44. The van der Waals surface area contributed by atoms with E-state index in [2.05, 4.69) is 0 Å². The van der Waals surface area contributed by atoms with Gasteiger partial charge in [0.25, 0.3) is 0 Å². The van der Waals surface area contributed by atoms with Crippen LogP contribution in [0.2, 0.25) is 0 Å². The van der Waals surface area contributed by atoms with Crippen LogP contribution in [-0.2, 0) is 38.7 Å². The molecule has 50 valence electrons. The molecule has 0 rings (SSSR count). The Kier molecular flexibility index (Phi) is 21.9. The molecule has 6 nitrogen and oxygen atoms in total. The fourth-order valence-corrected chi connectivity index (χ4v) is 0. The minimum atomic E-state index is -4.67. The van der Waals surface area contributed by atoms with Crippen LogP contribution >= 0.6 is 0 Å². The molecule has 0 fully saturated rings. The Balaban J connectivity index is -0.0000000267. The summed E-state index contributed by atoms with van der Waals surface area (Å²) in [6.07, 6.45) is 0. The van der Waals surface area contributed by atoms with Crippen molar-refractivity contribution in [2.45, 2.75) is 0 Å². The third kappa shape index (κ3) is 1720. The molecule has 0 spiro atoms. The standard InChI is InChI=1S/Cr.H2O4S.2O/c;1-5(2,3)4;;/h;(H2,1,2,3,4);;/q+4;;2*-2. The van der Waals surface area contributed by atoms with Gasteiger partial charge in [0.05, 0.1) is 0 Å². The van der Waals surface area contributed by atoms with Crippen molar-refractivity contribution in [3.8, 4) is 0 Å². The third-order valence-corrected chi connectivity index (χ3v) is 0. The van der Waals surface area contributed by atoms with Gasteiger partial charge in [-0.05, 0) is 0 Å². The van der Waals surface area contributed by atoms with Gasteiger partial charge in [-0.3, -0.25) is 9.11 Å². The van der Waals surface area contributed by atoms with E-state index in [4.69, 9.17) is 17.5 Å². The minimum Gasteiger partial charge on any atom is -2.00 e. The average Bonchev–Trinajstić information content (AvgIpc) is 0.722. The van der Waals surface area contributed by atoms with Crippen molar-refractivity contribution < 1.29 is 45.8 Å². The van der Waals surface area contributed by atoms with Crippen LogP contribution in [-0.4, -0.2) is 17.5 Å². The van der Waals surface area contributed by atoms with Crippen LogP contribution in [0.5, 0.6) is 0 Å². The second-order valence-electron chi connectivity index (χ2n) is 0.448. The van der Waals surface area contributed by atoms with Crippen molar-refractivity contribution in [3.63, 3.8) is 0 Å². The summed E-state index contributed by atoms with van der Waals surface area (Å²) in [7, 11) is -4.67. The summed E-state index contributed by atoms with van der Waals surface area (Å²) in [4.78, 5) is 0. The Morgan fingerprint density at radius 3 is 1.00 bits per heavy atom. The normalized spacial score (nSPS) is 7.25. The Morgan fingerprint density at radius 2 is 1.00 bits per heavy atom. The Hall–Kier alpha value is 0.322. The maximum Gasteiger partial charge on any atom is 4.00 e. The van der Waals surface area contributed by atoms with Gasteiger partial charge in [-0.2, -0.15) is 8.42 Å². The van der Waals surface area contributed by atoms with E-state index >= 15 is 0 Å². The van der Waals surface area contributed by atoms with E-state index in [1.54, 1.807) is 0 Å². The molecule has 0 aromatic heterocycles. The summed E-state index contributed by atoms with van der Waals surface area (Å²) >= 11 is 0. The molecule has 0 aliphatic rings. The molecule has 0 unspecified atom stereocenters. The molecule has 0 saturated heterocycles. The molecule has 2 N–H and O–H groups in total. The number of rotatable bonds is 0. The summed E-state index contributed by atoms with van der Waals surface area (Å²) in [6.45, 7) is 0. The first-order valence-electron chi connectivity index (χ1n) is 0.698. The average molecular weight is 182 g/mol. The van der Waals surface area contributed by atoms with Crippen molar-refractivity contribution in [1.82, 2.24) is 0 Å². The van der Waals surface area contributed by atoms with Crippen LogP contribution in [0, 0.1) is 0 Å². The van der Waals surface area contributed by atoms with E-state index in [1.165, 1.54) is 0 Å². The Morgan fingerprint density at radius 1 is 1.00 bits per heavy atom. The van der Waals surface area contributed by atoms with Gasteiger partial charge in [-0.25, -0.2) is 0 Å². The molecule has 0 aromatic rings. The van der Waals surface area contributed by atoms with Crippen LogP contribution < -0.4 is 0 Å². The van der Waals surface area contributed by atoms with E-state index in [-0.39, 0.29) is 28.3 Å². The molecular formula is H2CrO6S. The molecule has 0 radical (unpaired) electrons. The topological polar surface area (TPSA) is 132 Å². The van der Waals surface area contributed by atoms with E-state index in [1.807, 2.05) is 0 Å². The maximum atomic E-state index is 8.74. The summed E-state index contributed by atoms with van der Waals surface area (Å²) in [5, 5.41) is 0. The van der Waals surface area contributed by atoms with Crippen molar-refractivity contribution in [2.75, 3.05) is 0 Å². The van der Waals surface area contributed by atoms with Gasteiger partial charge in [-0.15, -0.1) is 0 Å². The first-order valence-corrected chi connectivity index (χ1v) is 2.10. The zero-order chi connectivity index (χ0) is 4.50. The molecule has 0 heterocycles. The van der Waals surface area contributed by atoms with Crippen LogP contribution in [0.1, 0.15) is 0 Å². The first-order chi connectivity index (χ1) is 2.00. The third-order valence-electron chi connectivity index (χ3n) is 0. The smallest absolute Gasteiger partial charge is 2.00 e. The Bertz CT molecular complexity index is 91.7. The number of hydrogen-bond acceptors (Lipinski definition) is 2. The maximum absolute atomic E-state index is 8.74. The van der Waals surface area contributed by atoms with Crippen LogP contribution in [0.3, 0.4) is 0 Å². The van der Waals surface area contributed by atoms with Gasteiger partial charge in [0.2, 0.25) is 0 Å². The summed E-state index contributed by atoms with van der Waals surface area (Å²) < 4.78 is 31.6. The molecule has 0 amide bonds. The van der Waals surface area contributed by atoms with E-state index < -0.39 is 10.4 Å². The fourth-order valence-electron chi connectivity index (χ4n) is 0.